The van der Waals surface area contributed by atoms with Gasteiger partial charge in [-0.15, -0.1) is 0 Å². The smallest absolute Gasteiger partial charge is 0.384 e. The van der Waals surface area contributed by atoms with Gasteiger partial charge in [0.2, 0.25) is 0 Å². The Balaban J connectivity index is 2.43. The van der Waals surface area contributed by atoms with Crippen LogP contribution in [0.15, 0.2) is 53.3 Å². The number of nitrogen functional groups attached to an aromatic ring is 1. The highest BCUT2D eigenvalue weighted by Gasteiger charge is 2.31. The van der Waals surface area contributed by atoms with Gasteiger partial charge in [-0.25, -0.2) is 0 Å². The lowest BCUT2D eigenvalue weighted by Crippen LogP contribution is -2.26. The maximum absolute atomic E-state index is 13.1. The summed E-state index contributed by atoms with van der Waals surface area (Å²) >= 11 is 6.16. The number of hydrogen-bond acceptors (Lipinski definition) is 4. The van der Waals surface area contributed by atoms with Crippen LogP contribution in [0.5, 0.6) is 0 Å². The van der Waals surface area contributed by atoms with Gasteiger partial charge in [-0.05, 0) is 24.3 Å². The summed E-state index contributed by atoms with van der Waals surface area (Å²) in [6, 6.07) is 13.7. The molecule has 0 bridgehead atoms. The van der Waals surface area contributed by atoms with E-state index >= 15 is 0 Å². The molecule has 1 aromatic heterocycles. The number of rotatable bonds is 2. The molecule has 9 heteroatoms. The Morgan fingerprint density at radius 1 is 1.00 bits per heavy atom. The van der Waals surface area contributed by atoms with Crippen molar-refractivity contribution in [1.29, 1.82) is 10.5 Å². The molecule has 3 aromatic rings. The molecule has 29 heavy (non-hydrogen) atoms. The molecule has 3 rings (SSSR count). The van der Waals surface area contributed by atoms with E-state index in [2.05, 4.69) is 0 Å². The molecule has 0 aliphatic heterocycles. The molecule has 0 unspecified atom stereocenters. The van der Waals surface area contributed by atoms with Crippen LogP contribution in [0.25, 0.3) is 16.8 Å². The summed E-state index contributed by atoms with van der Waals surface area (Å²) in [5, 5.41) is 19.4. The van der Waals surface area contributed by atoms with E-state index in [4.69, 9.17) is 17.3 Å². The summed E-state index contributed by atoms with van der Waals surface area (Å²) in [6.07, 6.45) is -4.65. The van der Waals surface area contributed by atoms with Gasteiger partial charge in [-0.1, -0.05) is 35.9 Å². The van der Waals surface area contributed by atoms with Crippen molar-refractivity contribution >= 4 is 17.4 Å². The van der Waals surface area contributed by atoms with Gasteiger partial charge >= 0.3 is 6.18 Å². The number of alkyl halides is 3. The van der Waals surface area contributed by atoms with Crippen LogP contribution in [0.2, 0.25) is 5.02 Å². The maximum Gasteiger partial charge on any atom is 0.416 e. The molecule has 0 fully saturated rings. The largest absolute Gasteiger partial charge is 0.416 e. The summed E-state index contributed by atoms with van der Waals surface area (Å²) in [4.78, 5) is 13.0. The molecule has 0 aliphatic rings. The lowest BCUT2D eigenvalue weighted by molar-refractivity contribution is -0.137. The Labute approximate surface area is 167 Å². The van der Waals surface area contributed by atoms with E-state index in [0.29, 0.717) is 4.57 Å². The summed E-state index contributed by atoms with van der Waals surface area (Å²) in [5.41, 5.74) is 3.29. The Kier molecular flexibility index (Phi) is 5.06. The summed E-state index contributed by atoms with van der Waals surface area (Å²) in [6.45, 7) is 0. The third-order valence-corrected chi connectivity index (χ3v) is 4.54. The number of nitrogens with two attached hydrogens (primary N) is 1. The molecule has 1 heterocycles. The second-order valence-corrected chi connectivity index (χ2v) is 6.31. The predicted molar refractivity (Wildman–Crippen MR) is 101 cm³/mol. The Morgan fingerprint density at radius 2 is 1.66 bits per heavy atom. The van der Waals surface area contributed by atoms with Crippen LogP contribution in [0, 0.1) is 22.7 Å². The number of pyridine rings is 1. The van der Waals surface area contributed by atoms with Crippen molar-refractivity contribution < 1.29 is 13.2 Å². The van der Waals surface area contributed by atoms with Gasteiger partial charge in [-0.3, -0.25) is 9.36 Å². The molecule has 0 amide bonds. The van der Waals surface area contributed by atoms with Gasteiger partial charge < -0.3 is 5.73 Å². The lowest BCUT2D eigenvalue weighted by Gasteiger charge is -2.17. The molecular weight excluding hydrogens is 405 g/mol. The summed E-state index contributed by atoms with van der Waals surface area (Å²) < 4.78 is 39.9. The maximum atomic E-state index is 13.1. The molecule has 5 nitrogen and oxygen atoms in total. The molecule has 0 radical (unpaired) electrons. The van der Waals surface area contributed by atoms with E-state index in [1.54, 1.807) is 18.2 Å². The van der Waals surface area contributed by atoms with Gasteiger partial charge in [0.1, 0.15) is 29.1 Å². The topological polar surface area (TPSA) is 95.6 Å². The van der Waals surface area contributed by atoms with E-state index in [1.165, 1.54) is 18.2 Å². The first-order valence-electron chi connectivity index (χ1n) is 8.02. The first kappa shape index (κ1) is 20.0. The number of benzene rings is 2. The zero-order valence-electron chi connectivity index (χ0n) is 14.5. The third-order valence-electron chi connectivity index (χ3n) is 4.21. The first-order chi connectivity index (χ1) is 13.7. The van der Waals surface area contributed by atoms with Gasteiger partial charge in [0, 0.05) is 16.1 Å². The molecule has 0 saturated heterocycles. The molecule has 0 aliphatic carbocycles. The van der Waals surface area contributed by atoms with Gasteiger partial charge in [0.25, 0.3) is 5.56 Å². The quantitative estimate of drug-likeness (QED) is 0.667. The number of nitrogens with zero attached hydrogens (tertiary/aromatic N) is 3. The molecule has 0 saturated carbocycles. The minimum atomic E-state index is -4.65. The molecule has 144 valence electrons. The second-order valence-electron chi connectivity index (χ2n) is 5.90. The third kappa shape index (κ3) is 3.42. The van der Waals surface area contributed by atoms with E-state index in [-0.39, 0.29) is 27.4 Å². The van der Waals surface area contributed by atoms with Crippen LogP contribution in [-0.2, 0) is 6.18 Å². The normalized spacial score (nSPS) is 11.0. The van der Waals surface area contributed by atoms with Crippen LogP contribution in [0.1, 0.15) is 16.7 Å². The molecule has 0 atom stereocenters. The Morgan fingerprint density at radius 3 is 2.24 bits per heavy atom. The SMILES string of the molecule is N#Cc1c(-c2ccccc2Cl)c(C#N)c(=O)n(-c2cccc(C(F)(F)F)c2)c1N. The number of hydrogen-bond donors (Lipinski definition) is 1. The van der Waals surface area contributed by atoms with E-state index in [9.17, 15) is 28.5 Å². The van der Waals surface area contributed by atoms with Crippen molar-refractivity contribution in [2.24, 2.45) is 0 Å². The Hall–Kier alpha value is -3.75. The lowest BCUT2D eigenvalue weighted by atomic mass is 9.96. The molecule has 2 N–H and O–H groups in total. The Bertz CT molecular complexity index is 1270. The van der Waals surface area contributed by atoms with Crippen molar-refractivity contribution in [3.63, 3.8) is 0 Å². The van der Waals surface area contributed by atoms with Crippen molar-refractivity contribution in [3.8, 4) is 29.0 Å². The fraction of sp³-hybridized carbons (Fsp3) is 0.0500. The number of anilines is 1. The molecular formula is C20H10ClF3N4O. The zero-order chi connectivity index (χ0) is 21.3. The van der Waals surface area contributed by atoms with Crippen LogP contribution in [-0.4, -0.2) is 4.57 Å². The monoisotopic (exact) mass is 414 g/mol. The van der Waals surface area contributed by atoms with Crippen molar-refractivity contribution in [3.05, 3.63) is 80.6 Å². The summed E-state index contributed by atoms with van der Waals surface area (Å²) in [7, 11) is 0. The highest BCUT2D eigenvalue weighted by molar-refractivity contribution is 6.33. The predicted octanol–water partition coefficient (Wildman–Crippen LogP) is 4.50. The highest BCUT2D eigenvalue weighted by atomic mass is 35.5. The van der Waals surface area contributed by atoms with Crippen molar-refractivity contribution in [2.75, 3.05) is 5.73 Å². The van der Waals surface area contributed by atoms with E-state index < -0.39 is 28.7 Å². The van der Waals surface area contributed by atoms with Crippen LogP contribution in [0.4, 0.5) is 19.0 Å². The highest BCUT2D eigenvalue weighted by Crippen LogP contribution is 2.35. The van der Waals surface area contributed by atoms with Crippen LogP contribution < -0.4 is 11.3 Å². The van der Waals surface area contributed by atoms with Crippen LogP contribution >= 0.6 is 11.6 Å². The molecule has 0 spiro atoms. The average Bonchev–Trinajstić information content (AvgIpc) is 2.68. The van der Waals surface area contributed by atoms with Crippen LogP contribution in [0.3, 0.4) is 0 Å². The number of halogens is 4. The minimum Gasteiger partial charge on any atom is -0.384 e. The van der Waals surface area contributed by atoms with E-state index in [0.717, 1.165) is 18.2 Å². The molecule has 2 aromatic carbocycles. The van der Waals surface area contributed by atoms with Crippen molar-refractivity contribution in [1.82, 2.24) is 4.57 Å². The van der Waals surface area contributed by atoms with E-state index in [1.807, 2.05) is 6.07 Å². The van der Waals surface area contributed by atoms with Gasteiger partial charge in [0.15, 0.2) is 0 Å². The standard InChI is InChI=1S/C20H10ClF3N4O/c21-16-7-2-1-6-13(16)17-14(9-25)18(27)28(19(29)15(17)10-26)12-5-3-4-11(8-12)20(22,23)24/h1-8H,27H2. The number of aromatic nitrogens is 1. The average molecular weight is 415 g/mol. The van der Waals surface area contributed by atoms with Gasteiger partial charge in [-0.2, -0.15) is 23.7 Å². The second kappa shape index (κ2) is 7.34. The number of nitriles is 2. The summed E-state index contributed by atoms with van der Waals surface area (Å²) in [5.74, 6) is -0.397. The zero-order valence-corrected chi connectivity index (χ0v) is 15.2. The fourth-order valence-electron chi connectivity index (χ4n) is 2.92. The van der Waals surface area contributed by atoms with Gasteiger partial charge in [0.05, 0.1) is 11.3 Å². The first-order valence-corrected chi connectivity index (χ1v) is 8.39. The minimum absolute atomic E-state index is 0.0636. The van der Waals surface area contributed by atoms with Crippen molar-refractivity contribution in [2.45, 2.75) is 6.18 Å². The fourth-order valence-corrected chi connectivity index (χ4v) is 3.15.